The van der Waals surface area contributed by atoms with Crippen LogP contribution in [0.25, 0.3) is 0 Å². The largest absolute Gasteiger partial charge is 0.326 e. The topological polar surface area (TPSA) is 74.8 Å². The number of pyridine rings is 2. The van der Waals surface area contributed by atoms with Gasteiger partial charge in [-0.3, -0.25) is 14.6 Å². The van der Waals surface area contributed by atoms with Crippen LogP contribution >= 0.6 is 15.9 Å². The van der Waals surface area contributed by atoms with Crippen LogP contribution in [0.3, 0.4) is 0 Å². The van der Waals surface area contributed by atoms with Crippen LogP contribution in [0, 0.1) is 0 Å². The maximum atomic E-state index is 11.8. The second-order valence-corrected chi connectivity index (χ2v) is 4.17. The first-order valence-corrected chi connectivity index (χ1v) is 5.56. The zero-order valence-corrected chi connectivity index (χ0v) is 10.2. The molecule has 2 N–H and O–H groups in total. The molecule has 0 fully saturated rings. The fourth-order valence-corrected chi connectivity index (χ4v) is 1.59. The van der Waals surface area contributed by atoms with E-state index in [1.54, 1.807) is 12.1 Å². The number of hydrogen-bond acceptors (Lipinski definition) is 3. The van der Waals surface area contributed by atoms with Gasteiger partial charge in [0.2, 0.25) is 0 Å². The van der Waals surface area contributed by atoms with E-state index in [2.05, 4.69) is 31.2 Å². The first-order valence-electron chi connectivity index (χ1n) is 4.76. The van der Waals surface area contributed by atoms with Crippen LogP contribution in [0.2, 0.25) is 0 Å². The Hall–Kier alpha value is -1.95. The molecule has 2 aromatic heterocycles. The minimum absolute atomic E-state index is 0.196. The van der Waals surface area contributed by atoms with Crippen molar-refractivity contribution in [2.75, 3.05) is 5.32 Å². The molecule has 0 saturated heterocycles. The van der Waals surface area contributed by atoms with Crippen LogP contribution in [0.4, 0.5) is 5.69 Å². The van der Waals surface area contributed by atoms with Crippen LogP contribution < -0.4 is 10.9 Å². The Morgan fingerprint density at radius 2 is 2.06 bits per heavy atom. The van der Waals surface area contributed by atoms with Crippen molar-refractivity contribution >= 4 is 27.5 Å². The van der Waals surface area contributed by atoms with E-state index in [1.807, 2.05) is 0 Å². The lowest BCUT2D eigenvalue weighted by Gasteiger charge is -2.04. The normalized spacial score (nSPS) is 9.94. The molecular weight excluding hydrogens is 286 g/mol. The number of anilines is 1. The van der Waals surface area contributed by atoms with Gasteiger partial charge < -0.3 is 10.3 Å². The standard InChI is InChI=1S/C11H8BrN3O2/c12-8-5-9(11(17)14-6-8)15-10(16)7-1-3-13-4-2-7/h1-6H,(H,14,17)(H,15,16). The zero-order chi connectivity index (χ0) is 12.3. The summed E-state index contributed by atoms with van der Waals surface area (Å²) in [5, 5.41) is 2.53. The Bertz CT molecular complexity index is 595. The van der Waals surface area contributed by atoms with E-state index in [9.17, 15) is 9.59 Å². The van der Waals surface area contributed by atoms with Crippen molar-refractivity contribution in [1.82, 2.24) is 9.97 Å². The fraction of sp³-hybridized carbons (Fsp3) is 0. The first-order chi connectivity index (χ1) is 8.16. The Kier molecular flexibility index (Phi) is 3.34. The maximum Gasteiger partial charge on any atom is 0.271 e. The van der Waals surface area contributed by atoms with Crippen molar-refractivity contribution in [3.8, 4) is 0 Å². The molecule has 2 aromatic rings. The molecule has 2 rings (SSSR count). The molecule has 1 amide bonds. The molecule has 0 aliphatic carbocycles. The Balaban J connectivity index is 2.25. The summed E-state index contributed by atoms with van der Waals surface area (Å²) in [6.07, 6.45) is 4.53. The Morgan fingerprint density at radius 1 is 1.35 bits per heavy atom. The van der Waals surface area contributed by atoms with Gasteiger partial charge >= 0.3 is 0 Å². The molecule has 0 bridgehead atoms. The molecule has 0 atom stereocenters. The smallest absolute Gasteiger partial charge is 0.271 e. The van der Waals surface area contributed by atoms with Gasteiger partial charge in [-0.05, 0) is 34.1 Å². The average molecular weight is 294 g/mol. The lowest BCUT2D eigenvalue weighted by Crippen LogP contribution is -2.19. The number of hydrogen-bond donors (Lipinski definition) is 2. The third-order valence-electron chi connectivity index (χ3n) is 2.06. The summed E-state index contributed by atoms with van der Waals surface area (Å²) in [7, 11) is 0. The molecule has 0 unspecified atom stereocenters. The minimum Gasteiger partial charge on any atom is -0.326 e. The molecule has 0 radical (unpaired) electrons. The number of rotatable bonds is 2. The summed E-state index contributed by atoms with van der Waals surface area (Å²) >= 11 is 3.21. The number of nitrogens with zero attached hydrogens (tertiary/aromatic N) is 1. The van der Waals surface area contributed by atoms with Gasteiger partial charge in [0, 0.05) is 28.6 Å². The number of aromatic nitrogens is 2. The summed E-state index contributed by atoms with van der Waals surface area (Å²) in [5.41, 5.74) is 0.288. The van der Waals surface area contributed by atoms with E-state index in [0.717, 1.165) is 0 Å². The van der Waals surface area contributed by atoms with Crippen LogP contribution in [0.5, 0.6) is 0 Å². The van der Waals surface area contributed by atoms with Crippen LogP contribution in [-0.2, 0) is 0 Å². The van der Waals surface area contributed by atoms with E-state index in [4.69, 9.17) is 0 Å². The van der Waals surface area contributed by atoms with Gasteiger partial charge in [-0.2, -0.15) is 0 Å². The van der Waals surface area contributed by atoms with Gasteiger partial charge in [0.15, 0.2) is 0 Å². The highest BCUT2D eigenvalue weighted by atomic mass is 79.9. The number of amides is 1. The van der Waals surface area contributed by atoms with Gasteiger partial charge in [-0.15, -0.1) is 0 Å². The van der Waals surface area contributed by atoms with Crippen molar-refractivity contribution in [3.05, 3.63) is 57.2 Å². The van der Waals surface area contributed by atoms with Crippen LogP contribution in [0.1, 0.15) is 10.4 Å². The maximum absolute atomic E-state index is 11.8. The highest BCUT2D eigenvalue weighted by Gasteiger charge is 2.08. The summed E-state index contributed by atoms with van der Waals surface area (Å²) in [6.45, 7) is 0. The van der Waals surface area contributed by atoms with Gasteiger partial charge in [-0.25, -0.2) is 0 Å². The third-order valence-corrected chi connectivity index (χ3v) is 2.52. The third kappa shape index (κ3) is 2.79. The minimum atomic E-state index is -0.351. The van der Waals surface area contributed by atoms with Crippen LogP contribution in [0.15, 0.2) is 46.1 Å². The highest BCUT2D eigenvalue weighted by Crippen LogP contribution is 2.11. The molecule has 5 nitrogen and oxygen atoms in total. The molecule has 0 aliphatic heterocycles. The quantitative estimate of drug-likeness (QED) is 0.886. The second-order valence-electron chi connectivity index (χ2n) is 3.25. The van der Waals surface area contributed by atoms with E-state index in [-0.39, 0.29) is 17.2 Å². The van der Waals surface area contributed by atoms with Gasteiger partial charge in [0.05, 0.1) is 0 Å². The molecule has 86 valence electrons. The first kappa shape index (κ1) is 11.5. The summed E-state index contributed by atoms with van der Waals surface area (Å²) in [4.78, 5) is 29.5. The van der Waals surface area contributed by atoms with Crippen molar-refractivity contribution < 1.29 is 4.79 Å². The number of halogens is 1. The molecule has 0 spiro atoms. The molecule has 2 heterocycles. The van der Waals surface area contributed by atoms with Crippen molar-refractivity contribution in [2.24, 2.45) is 0 Å². The molecule has 0 aliphatic rings. The molecule has 0 saturated carbocycles. The number of H-pyrrole nitrogens is 1. The molecular formula is C11H8BrN3O2. The SMILES string of the molecule is O=C(Nc1cc(Br)c[nH]c1=O)c1ccncc1. The van der Waals surface area contributed by atoms with Crippen molar-refractivity contribution in [1.29, 1.82) is 0 Å². The summed E-state index contributed by atoms with van der Waals surface area (Å²) < 4.78 is 0.683. The van der Waals surface area contributed by atoms with Crippen molar-refractivity contribution in [2.45, 2.75) is 0 Å². The van der Waals surface area contributed by atoms with E-state index < -0.39 is 0 Å². The van der Waals surface area contributed by atoms with E-state index in [0.29, 0.717) is 10.0 Å². The van der Waals surface area contributed by atoms with E-state index in [1.165, 1.54) is 24.7 Å². The monoisotopic (exact) mass is 293 g/mol. The van der Waals surface area contributed by atoms with E-state index >= 15 is 0 Å². The number of carbonyl (C=O) groups excluding carboxylic acids is 1. The highest BCUT2D eigenvalue weighted by molar-refractivity contribution is 9.10. The predicted octanol–water partition coefficient (Wildman–Crippen LogP) is 1.78. The van der Waals surface area contributed by atoms with Crippen LogP contribution in [-0.4, -0.2) is 15.9 Å². The molecule has 17 heavy (non-hydrogen) atoms. The number of carbonyl (C=O) groups is 1. The second kappa shape index (κ2) is 4.92. The summed E-state index contributed by atoms with van der Waals surface area (Å²) in [5.74, 6) is -0.351. The lowest BCUT2D eigenvalue weighted by molar-refractivity contribution is 0.102. The Labute approximate surface area is 105 Å². The number of nitrogens with one attached hydrogen (secondary N) is 2. The Morgan fingerprint density at radius 3 is 2.76 bits per heavy atom. The molecule has 6 heteroatoms. The van der Waals surface area contributed by atoms with Crippen molar-refractivity contribution in [3.63, 3.8) is 0 Å². The van der Waals surface area contributed by atoms with Gasteiger partial charge in [0.1, 0.15) is 5.69 Å². The lowest BCUT2D eigenvalue weighted by atomic mass is 10.2. The number of aromatic amines is 1. The predicted molar refractivity (Wildman–Crippen MR) is 67.0 cm³/mol. The zero-order valence-electron chi connectivity index (χ0n) is 8.61. The van der Waals surface area contributed by atoms with Gasteiger partial charge in [-0.1, -0.05) is 0 Å². The summed E-state index contributed by atoms with van der Waals surface area (Å²) in [6, 6.07) is 4.68. The average Bonchev–Trinajstić information content (AvgIpc) is 2.35. The molecule has 0 aromatic carbocycles. The van der Waals surface area contributed by atoms with Gasteiger partial charge in [0.25, 0.3) is 11.5 Å². The fourth-order valence-electron chi connectivity index (χ4n) is 1.25.